The van der Waals surface area contributed by atoms with Crippen molar-refractivity contribution in [3.8, 4) is 11.1 Å². The minimum absolute atomic E-state index is 0.257. The first-order chi connectivity index (χ1) is 12.3. The maximum Gasteiger partial charge on any atom is 0.331 e. The maximum absolute atomic E-state index is 13.0. The first kappa shape index (κ1) is 19.4. The van der Waals surface area contributed by atoms with Crippen LogP contribution >= 0.6 is 0 Å². The van der Waals surface area contributed by atoms with Crippen molar-refractivity contribution in [3.05, 3.63) is 54.1 Å². The number of nitrogen functional groups attached to an aromatic ring is 1. The second-order valence-electron chi connectivity index (χ2n) is 6.12. The molecule has 0 radical (unpaired) electrons. The lowest BCUT2D eigenvalue weighted by atomic mass is 9.97. The highest BCUT2D eigenvalue weighted by atomic mass is 19.1. The van der Waals surface area contributed by atoms with Crippen molar-refractivity contribution in [3.63, 3.8) is 0 Å². The number of carbonyl (C=O) groups is 2. The van der Waals surface area contributed by atoms with Crippen molar-refractivity contribution in [1.82, 2.24) is 5.32 Å². The number of aliphatic hydroxyl groups is 1. The molecule has 0 bridgehead atoms. The molecule has 0 unspecified atom stereocenters. The van der Waals surface area contributed by atoms with E-state index in [0.29, 0.717) is 5.69 Å². The van der Waals surface area contributed by atoms with Crippen molar-refractivity contribution in [2.45, 2.75) is 18.6 Å². The van der Waals surface area contributed by atoms with Gasteiger partial charge in [-0.05, 0) is 42.3 Å². The molecule has 26 heavy (non-hydrogen) atoms. The third-order valence-corrected chi connectivity index (χ3v) is 4.00. The van der Waals surface area contributed by atoms with Crippen LogP contribution in [0.25, 0.3) is 11.1 Å². The van der Waals surface area contributed by atoms with Crippen molar-refractivity contribution in [2.75, 3.05) is 19.5 Å². The largest absolute Gasteiger partial charge is 0.467 e. The Morgan fingerprint density at radius 1 is 1.15 bits per heavy atom. The number of rotatable bonds is 6. The Morgan fingerprint density at radius 3 is 2.12 bits per heavy atom. The fourth-order valence-corrected chi connectivity index (χ4v) is 2.37. The van der Waals surface area contributed by atoms with Gasteiger partial charge in [-0.2, -0.15) is 0 Å². The van der Waals surface area contributed by atoms with Gasteiger partial charge < -0.3 is 20.9 Å². The molecule has 0 spiro atoms. The van der Waals surface area contributed by atoms with Gasteiger partial charge in [0.05, 0.1) is 7.11 Å². The van der Waals surface area contributed by atoms with Crippen LogP contribution in [0.2, 0.25) is 0 Å². The number of hydrogen-bond acceptors (Lipinski definition) is 5. The molecule has 0 fully saturated rings. The summed E-state index contributed by atoms with van der Waals surface area (Å²) in [7, 11) is 1.09. The number of amides is 1. The molecule has 0 heterocycles. The molecule has 2 rings (SSSR count). The normalized spacial score (nSPS) is 14.2. The monoisotopic (exact) mass is 360 g/mol. The van der Waals surface area contributed by atoms with Crippen LogP contribution in [0.15, 0.2) is 48.5 Å². The average Bonchev–Trinajstić information content (AvgIpc) is 2.66. The minimum atomic E-state index is -2.08. The molecule has 0 aliphatic carbocycles. The molecule has 2 aromatic carbocycles. The first-order valence-electron chi connectivity index (χ1n) is 7.91. The molecule has 4 N–H and O–H groups in total. The number of hydrogen-bond donors (Lipinski definition) is 3. The molecule has 0 aromatic heterocycles. The van der Waals surface area contributed by atoms with E-state index in [0.717, 1.165) is 25.2 Å². The van der Waals surface area contributed by atoms with E-state index in [-0.39, 0.29) is 5.56 Å². The minimum Gasteiger partial charge on any atom is -0.467 e. The molecule has 6 nitrogen and oxygen atoms in total. The van der Waals surface area contributed by atoms with Gasteiger partial charge in [-0.25, -0.2) is 9.18 Å². The highest BCUT2D eigenvalue weighted by molar-refractivity contribution is 5.97. The predicted octanol–water partition coefficient (Wildman–Crippen LogP) is 1.93. The van der Waals surface area contributed by atoms with E-state index in [1.54, 1.807) is 36.4 Å². The van der Waals surface area contributed by atoms with E-state index in [4.69, 9.17) is 5.73 Å². The van der Waals surface area contributed by atoms with Gasteiger partial charge in [0.2, 0.25) is 0 Å². The number of ether oxygens (including phenoxy) is 1. The Balaban J connectivity index is 2.18. The summed E-state index contributed by atoms with van der Waals surface area (Å²) in [5.41, 5.74) is 6.30. The second kappa shape index (κ2) is 7.97. The topological polar surface area (TPSA) is 102 Å². The highest BCUT2D eigenvalue weighted by Crippen LogP contribution is 2.21. The Bertz CT molecular complexity index is 773. The first-order valence-corrected chi connectivity index (χ1v) is 7.91. The summed E-state index contributed by atoms with van der Waals surface area (Å²) in [5.74, 6) is -1.56. The van der Waals surface area contributed by atoms with Crippen LogP contribution in [-0.4, -0.2) is 42.4 Å². The van der Waals surface area contributed by atoms with Crippen LogP contribution in [-0.2, 0) is 9.53 Å². The van der Waals surface area contributed by atoms with Gasteiger partial charge in [-0.1, -0.05) is 24.3 Å². The Kier molecular flexibility index (Phi) is 5.94. The molecule has 0 saturated heterocycles. The Morgan fingerprint density at radius 2 is 1.65 bits per heavy atom. The Hall–Kier alpha value is -2.93. The standard InChI is InChI=1S/C19H21FN2O4/c1-19(25,11-20)16(18(24)26-2)22-17(23)14-5-3-12(4-6-14)13-7-9-15(21)10-8-13/h3-10,16,25H,11,21H2,1-2H3,(H,22,23)/t16-,19-/m1/s1. The smallest absolute Gasteiger partial charge is 0.331 e. The van der Waals surface area contributed by atoms with E-state index in [2.05, 4.69) is 10.1 Å². The maximum atomic E-state index is 13.0. The summed E-state index contributed by atoms with van der Waals surface area (Å²) >= 11 is 0. The van der Waals surface area contributed by atoms with E-state index < -0.39 is 30.2 Å². The Labute approximate surface area is 150 Å². The molecule has 1 amide bonds. The lowest BCUT2D eigenvalue weighted by molar-refractivity contribution is -0.150. The fraction of sp³-hybridized carbons (Fsp3) is 0.263. The molecular weight excluding hydrogens is 339 g/mol. The summed E-state index contributed by atoms with van der Waals surface area (Å²) in [5, 5.41) is 12.3. The van der Waals surface area contributed by atoms with Gasteiger partial charge in [-0.15, -0.1) is 0 Å². The molecule has 0 aliphatic rings. The summed E-state index contributed by atoms with van der Waals surface area (Å²) < 4.78 is 17.6. The number of esters is 1. The number of methoxy groups -OCH3 is 1. The van der Waals surface area contributed by atoms with Crippen molar-refractivity contribution < 1.29 is 23.8 Å². The van der Waals surface area contributed by atoms with Crippen molar-refractivity contribution in [2.24, 2.45) is 0 Å². The molecule has 0 aliphatic heterocycles. The molecule has 138 valence electrons. The quantitative estimate of drug-likeness (QED) is 0.540. The van der Waals surface area contributed by atoms with Gasteiger partial charge in [0.15, 0.2) is 6.04 Å². The molecular formula is C19H21FN2O4. The fourth-order valence-electron chi connectivity index (χ4n) is 2.37. The van der Waals surface area contributed by atoms with E-state index >= 15 is 0 Å². The van der Waals surface area contributed by atoms with Gasteiger partial charge in [0.1, 0.15) is 12.3 Å². The lowest BCUT2D eigenvalue weighted by Gasteiger charge is -2.28. The number of benzene rings is 2. The zero-order chi connectivity index (χ0) is 19.3. The number of halogens is 1. The zero-order valence-electron chi connectivity index (χ0n) is 14.5. The number of nitrogens with one attached hydrogen (secondary N) is 1. The third-order valence-electron chi connectivity index (χ3n) is 4.00. The SMILES string of the molecule is COC(=O)[C@@H](NC(=O)c1ccc(-c2ccc(N)cc2)cc1)[C@](C)(O)CF. The number of alkyl halides is 1. The van der Waals surface area contributed by atoms with Crippen LogP contribution in [0.5, 0.6) is 0 Å². The molecule has 2 atom stereocenters. The van der Waals surface area contributed by atoms with E-state index in [9.17, 15) is 19.1 Å². The second-order valence-corrected chi connectivity index (χ2v) is 6.12. The number of anilines is 1. The van der Waals surface area contributed by atoms with Crippen LogP contribution in [0.3, 0.4) is 0 Å². The summed E-state index contributed by atoms with van der Waals surface area (Å²) in [6.45, 7) is -0.109. The predicted molar refractivity (Wildman–Crippen MR) is 96.2 cm³/mol. The van der Waals surface area contributed by atoms with Gasteiger partial charge in [0, 0.05) is 11.3 Å². The highest BCUT2D eigenvalue weighted by Gasteiger charge is 2.40. The van der Waals surface area contributed by atoms with Gasteiger partial charge in [0.25, 0.3) is 5.91 Å². The van der Waals surface area contributed by atoms with E-state index in [1.807, 2.05) is 12.1 Å². The van der Waals surface area contributed by atoms with Crippen molar-refractivity contribution in [1.29, 1.82) is 0 Å². The molecule has 7 heteroatoms. The third kappa shape index (κ3) is 4.37. The van der Waals surface area contributed by atoms with Gasteiger partial charge >= 0.3 is 5.97 Å². The van der Waals surface area contributed by atoms with E-state index in [1.165, 1.54) is 0 Å². The average molecular weight is 360 g/mol. The summed E-state index contributed by atoms with van der Waals surface area (Å²) in [6, 6.07) is 12.3. The number of carbonyl (C=O) groups excluding carboxylic acids is 2. The molecule has 0 saturated carbocycles. The van der Waals surface area contributed by atoms with Crippen LogP contribution in [0, 0.1) is 0 Å². The summed E-state index contributed by atoms with van der Waals surface area (Å²) in [6.07, 6.45) is 0. The molecule has 2 aromatic rings. The summed E-state index contributed by atoms with van der Waals surface area (Å²) in [4.78, 5) is 24.1. The van der Waals surface area contributed by atoms with Crippen LogP contribution < -0.4 is 11.1 Å². The van der Waals surface area contributed by atoms with Crippen molar-refractivity contribution >= 4 is 17.6 Å². The number of nitrogens with two attached hydrogens (primary N) is 1. The van der Waals surface area contributed by atoms with Gasteiger partial charge in [-0.3, -0.25) is 4.79 Å². The van der Waals surface area contributed by atoms with Crippen LogP contribution in [0.4, 0.5) is 10.1 Å². The zero-order valence-corrected chi connectivity index (χ0v) is 14.5. The lowest BCUT2D eigenvalue weighted by Crippen LogP contribution is -2.57. The van der Waals surface area contributed by atoms with Crippen LogP contribution in [0.1, 0.15) is 17.3 Å².